The second kappa shape index (κ2) is 11.9. The Balaban J connectivity index is 1.18. The molecule has 4 heterocycles. The van der Waals surface area contributed by atoms with E-state index in [1.165, 1.54) is 52.9 Å². The Bertz CT molecular complexity index is 3100. The molecule has 0 amide bonds. The number of hydrogen-bond donors (Lipinski definition) is 0. The lowest BCUT2D eigenvalue weighted by Gasteiger charge is -2.12. The first kappa shape index (κ1) is 29.9. The maximum Gasteiger partial charge on any atom is 0.160 e. The number of nitrogens with zero attached hydrogens (tertiary/aromatic N) is 4. The molecule has 0 atom stereocenters. The first-order valence-electron chi connectivity index (χ1n) is 17.8. The Labute approximate surface area is 309 Å². The van der Waals surface area contributed by atoms with Crippen molar-refractivity contribution in [3.05, 3.63) is 182 Å². The standard InChI is InChI=1S/C48H30N4S/c1-4-13-31(14-5-1)41-30-42(32-15-6-2-7-16-32)50-48(49-41)34-17-12-20-36(27-34)52-44-28-33-25-26-51(35-18-8-3-9-19-35)43(33)29-40(44)38-23-24-39-37-21-10-11-22-45(37)53-47(39)46(38)52/h1-30H. The Hall–Kier alpha value is -6.82. The van der Waals surface area contributed by atoms with Gasteiger partial charge in [-0.15, -0.1) is 11.3 Å². The van der Waals surface area contributed by atoms with Crippen LogP contribution in [0, 0.1) is 0 Å². The molecule has 0 aliphatic carbocycles. The van der Waals surface area contributed by atoms with Crippen LogP contribution in [0.1, 0.15) is 0 Å². The van der Waals surface area contributed by atoms with Crippen molar-refractivity contribution < 1.29 is 0 Å². The molecule has 0 saturated heterocycles. The van der Waals surface area contributed by atoms with Gasteiger partial charge < -0.3 is 9.13 Å². The van der Waals surface area contributed by atoms with Crippen LogP contribution in [-0.2, 0) is 0 Å². The zero-order valence-corrected chi connectivity index (χ0v) is 29.3. The summed E-state index contributed by atoms with van der Waals surface area (Å²) in [6.45, 7) is 0. The minimum Gasteiger partial charge on any atom is -0.317 e. The van der Waals surface area contributed by atoms with E-state index >= 15 is 0 Å². The first-order valence-corrected chi connectivity index (χ1v) is 18.6. The summed E-state index contributed by atoms with van der Waals surface area (Å²) in [6, 6.07) is 62.5. The van der Waals surface area contributed by atoms with E-state index in [4.69, 9.17) is 9.97 Å². The van der Waals surface area contributed by atoms with Gasteiger partial charge in [-0.1, -0.05) is 121 Å². The highest BCUT2D eigenvalue weighted by molar-refractivity contribution is 7.26. The molecule has 7 aromatic carbocycles. The van der Waals surface area contributed by atoms with Crippen LogP contribution in [0.25, 0.3) is 98.2 Å². The lowest BCUT2D eigenvalue weighted by Crippen LogP contribution is -1.98. The topological polar surface area (TPSA) is 35.6 Å². The SMILES string of the molecule is c1ccc(-c2cc(-c3ccccc3)nc(-c3cccc(-n4c5cc6ccn(-c7ccccc7)c6cc5c5ccc6c7ccccc7sc6c54)c3)n2)cc1. The lowest BCUT2D eigenvalue weighted by molar-refractivity contribution is 1.13. The molecule has 5 heteroatoms. The molecule has 0 radical (unpaired) electrons. The van der Waals surface area contributed by atoms with Gasteiger partial charge in [0.15, 0.2) is 5.82 Å². The molecule has 53 heavy (non-hydrogen) atoms. The van der Waals surface area contributed by atoms with Crippen molar-refractivity contribution in [2.24, 2.45) is 0 Å². The molecule has 0 aliphatic heterocycles. The Morgan fingerprint density at radius 2 is 1.08 bits per heavy atom. The highest BCUT2D eigenvalue weighted by Gasteiger charge is 2.20. The minimum absolute atomic E-state index is 0.696. The summed E-state index contributed by atoms with van der Waals surface area (Å²) >= 11 is 1.87. The third-order valence-electron chi connectivity index (χ3n) is 10.3. The zero-order valence-electron chi connectivity index (χ0n) is 28.5. The normalized spacial score (nSPS) is 11.8. The van der Waals surface area contributed by atoms with E-state index in [1.807, 2.05) is 23.5 Å². The van der Waals surface area contributed by atoms with Gasteiger partial charge in [0.25, 0.3) is 0 Å². The van der Waals surface area contributed by atoms with Crippen molar-refractivity contribution in [3.8, 4) is 45.3 Å². The van der Waals surface area contributed by atoms with E-state index in [9.17, 15) is 0 Å². The molecule has 0 spiro atoms. The maximum atomic E-state index is 5.18. The van der Waals surface area contributed by atoms with Crippen molar-refractivity contribution in [3.63, 3.8) is 0 Å². The van der Waals surface area contributed by atoms with Gasteiger partial charge in [-0.3, -0.25) is 0 Å². The zero-order chi connectivity index (χ0) is 34.9. The average Bonchev–Trinajstić information content (AvgIpc) is 3.92. The summed E-state index contributed by atoms with van der Waals surface area (Å²) in [5, 5.41) is 6.23. The number of thiophene rings is 1. The fourth-order valence-corrected chi connectivity index (χ4v) is 9.10. The van der Waals surface area contributed by atoms with E-state index in [-0.39, 0.29) is 0 Å². The van der Waals surface area contributed by atoms with Crippen LogP contribution in [0.5, 0.6) is 0 Å². The monoisotopic (exact) mass is 694 g/mol. The number of hydrogen-bond acceptors (Lipinski definition) is 3. The minimum atomic E-state index is 0.696. The van der Waals surface area contributed by atoms with Crippen LogP contribution in [0.15, 0.2) is 182 Å². The molecule has 0 aliphatic rings. The molecule has 11 aromatic rings. The number of aromatic nitrogens is 4. The fourth-order valence-electron chi connectivity index (χ4n) is 7.86. The van der Waals surface area contributed by atoms with Crippen molar-refractivity contribution in [1.29, 1.82) is 0 Å². The second-order valence-corrected chi connectivity index (χ2v) is 14.5. The van der Waals surface area contributed by atoms with Crippen molar-refractivity contribution in [1.82, 2.24) is 19.1 Å². The van der Waals surface area contributed by atoms with Gasteiger partial charge in [0.1, 0.15) is 0 Å². The first-order chi connectivity index (χ1) is 26.3. The van der Waals surface area contributed by atoms with Crippen molar-refractivity contribution >= 4 is 64.2 Å². The molecule has 4 aromatic heterocycles. The Morgan fingerprint density at radius 1 is 0.434 bits per heavy atom. The molecule has 0 unspecified atom stereocenters. The quantitative estimate of drug-likeness (QED) is 0.180. The van der Waals surface area contributed by atoms with E-state index in [1.54, 1.807) is 0 Å². The third-order valence-corrected chi connectivity index (χ3v) is 11.5. The van der Waals surface area contributed by atoms with E-state index < -0.39 is 0 Å². The van der Waals surface area contributed by atoms with Crippen molar-refractivity contribution in [2.45, 2.75) is 0 Å². The molecule has 0 N–H and O–H groups in total. The summed E-state index contributed by atoms with van der Waals surface area (Å²) in [6.07, 6.45) is 2.18. The van der Waals surface area contributed by atoms with Crippen LogP contribution >= 0.6 is 11.3 Å². The Kier molecular flexibility index (Phi) is 6.69. The number of benzene rings is 7. The van der Waals surface area contributed by atoms with Crippen LogP contribution in [0.3, 0.4) is 0 Å². The summed E-state index contributed by atoms with van der Waals surface area (Å²) in [5.41, 5.74) is 10.7. The summed E-state index contributed by atoms with van der Waals surface area (Å²) in [7, 11) is 0. The predicted octanol–water partition coefficient (Wildman–Crippen LogP) is 12.9. The molecule has 248 valence electrons. The van der Waals surface area contributed by atoms with Gasteiger partial charge in [-0.2, -0.15) is 0 Å². The predicted molar refractivity (Wildman–Crippen MR) is 222 cm³/mol. The fraction of sp³-hybridized carbons (Fsp3) is 0. The highest BCUT2D eigenvalue weighted by atomic mass is 32.1. The number of para-hydroxylation sites is 1. The number of fused-ring (bicyclic) bond motifs is 8. The Morgan fingerprint density at radius 3 is 1.83 bits per heavy atom. The summed E-state index contributed by atoms with van der Waals surface area (Å²) in [4.78, 5) is 10.4. The van der Waals surface area contributed by atoms with Gasteiger partial charge in [0, 0.05) is 65.9 Å². The maximum absolute atomic E-state index is 5.18. The number of rotatable bonds is 5. The lowest BCUT2D eigenvalue weighted by atomic mass is 10.1. The second-order valence-electron chi connectivity index (χ2n) is 13.5. The van der Waals surface area contributed by atoms with E-state index in [2.05, 4.69) is 179 Å². The van der Waals surface area contributed by atoms with Crippen LogP contribution in [0.4, 0.5) is 0 Å². The molecular weight excluding hydrogens is 665 g/mol. The van der Waals surface area contributed by atoms with Crippen LogP contribution in [-0.4, -0.2) is 19.1 Å². The van der Waals surface area contributed by atoms with Gasteiger partial charge in [-0.25, -0.2) is 9.97 Å². The average molecular weight is 695 g/mol. The van der Waals surface area contributed by atoms with E-state index in [0.29, 0.717) is 5.82 Å². The highest BCUT2D eigenvalue weighted by Crippen LogP contribution is 2.44. The molecule has 0 saturated carbocycles. The summed E-state index contributed by atoms with van der Waals surface area (Å²) in [5.74, 6) is 0.696. The molecule has 0 bridgehead atoms. The largest absolute Gasteiger partial charge is 0.317 e. The van der Waals surface area contributed by atoms with Crippen LogP contribution in [0.2, 0.25) is 0 Å². The summed E-state index contributed by atoms with van der Waals surface area (Å²) < 4.78 is 7.33. The van der Waals surface area contributed by atoms with Crippen molar-refractivity contribution in [2.75, 3.05) is 0 Å². The smallest absolute Gasteiger partial charge is 0.160 e. The molecule has 11 rings (SSSR count). The molecule has 4 nitrogen and oxygen atoms in total. The van der Waals surface area contributed by atoms with E-state index in [0.717, 1.165) is 39.5 Å². The van der Waals surface area contributed by atoms with Crippen LogP contribution < -0.4 is 0 Å². The van der Waals surface area contributed by atoms with Gasteiger partial charge in [0.05, 0.1) is 32.6 Å². The molecular formula is C48H30N4S. The van der Waals surface area contributed by atoms with Gasteiger partial charge in [-0.05, 0) is 54.6 Å². The van der Waals surface area contributed by atoms with Gasteiger partial charge in [0.2, 0.25) is 0 Å². The molecule has 0 fully saturated rings. The third kappa shape index (κ3) is 4.82. The van der Waals surface area contributed by atoms with Gasteiger partial charge >= 0.3 is 0 Å².